The Hall–Kier alpha value is -2.39. The van der Waals surface area contributed by atoms with Crippen LogP contribution in [0.15, 0.2) is 58.5 Å². The fraction of sp³-hybridized carbons (Fsp3) is 0.444. The maximum absolute atomic E-state index is 13.4. The van der Waals surface area contributed by atoms with Crippen LogP contribution in [0.2, 0.25) is 5.02 Å². The van der Waals surface area contributed by atoms with Gasteiger partial charge in [0.25, 0.3) is 5.56 Å². The molecule has 0 spiro atoms. The Labute approximate surface area is 220 Å². The predicted molar refractivity (Wildman–Crippen MR) is 144 cm³/mol. The summed E-state index contributed by atoms with van der Waals surface area (Å²) in [5.74, 6) is 0.0727. The molecule has 2 aromatic carbocycles. The minimum atomic E-state index is -0.370. The van der Waals surface area contributed by atoms with Crippen molar-refractivity contribution in [2.75, 3.05) is 32.8 Å². The fourth-order valence-corrected chi connectivity index (χ4v) is 6.02. The standard InChI is InChI=1S/C27H31ClN4O3S/c1-19(25(33)31-13-11-30(12-14-31)17-20-6-3-2-4-7-20)36-27-29-24-16-21(28)9-10-23(24)26(34)32(27)18-22-8-5-15-35-22/h2-4,6-7,9-10,16,19,22H,5,8,11-15,17-18H2,1H3/t19-,22+/m0/s1. The van der Waals surface area contributed by atoms with Crippen molar-refractivity contribution in [1.82, 2.24) is 19.4 Å². The molecular weight excluding hydrogens is 496 g/mol. The molecule has 0 N–H and O–H groups in total. The number of hydrogen-bond donors (Lipinski definition) is 0. The number of carbonyl (C=O) groups excluding carboxylic acids is 1. The summed E-state index contributed by atoms with van der Waals surface area (Å²) < 4.78 is 7.48. The first-order valence-electron chi connectivity index (χ1n) is 12.5. The SMILES string of the molecule is C[C@H](Sc1nc2cc(Cl)ccc2c(=O)n1C[C@H]1CCCO1)C(=O)N1CCN(Cc2ccccc2)CC1. The number of benzene rings is 2. The van der Waals surface area contributed by atoms with Crippen LogP contribution in [0.3, 0.4) is 0 Å². The molecule has 3 heterocycles. The molecule has 1 amide bonds. The van der Waals surface area contributed by atoms with Crippen molar-refractivity contribution in [3.63, 3.8) is 0 Å². The van der Waals surface area contributed by atoms with E-state index >= 15 is 0 Å². The molecule has 1 aromatic heterocycles. The Morgan fingerprint density at radius 2 is 1.94 bits per heavy atom. The molecule has 2 saturated heterocycles. The van der Waals surface area contributed by atoms with E-state index in [1.807, 2.05) is 17.9 Å². The van der Waals surface area contributed by atoms with Crippen LogP contribution in [0.25, 0.3) is 10.9 Å². The fourth-order valence-electron chi connectivity index (χ4n) is 4.85. The van der Waals surface area contributed by atoms with Crippen molar-refractivity contribution in [2.45, 2.75) is 49.4 Å². The molecule has 9 heteroatoms. The zero-order valence-electron chi connectivity index (χ0n) is 20.4. The molecule has 2 fully saturated rings. The Kier molecular flexibility index (Phi) is 7.96. The molecule has 0 bridgehead atoms. The minimum Gasteiger partial charge on any atom is -0.376 e. The van der Waals surface area contributed by atoms with Crippen LogP contribution in [-0.2, 0) is 22.6 Å². The molecule has 190 valence electrons. The van der Waals surface area contributed by atoms with E-state index in [-0.39, 0.29) is 22.8 Å². The number of carbonyl (C=O) groups is 1. The second kappa shape index (κ2) is 11.3. The molecular formula is C27H31ClN4O3S. The van der Waals surface area contributed by atoms with Gasteiger partial charge in [-0.2, -0.15) is 0 Å². The topological polar surface area (TPSA) is 67.7 Å². The summed E-state index contributed by atoms with van der Waals surface area (Å²) in [6, 6.07) is 15.5. The quantitative estimate of drug-likeness (QED) is 0.342. The lowest BCUT2D eigenvalue weighted by Crippen LogP contribution is -2.50. The van der Waals surface area contributed by atoms with E-state index in [0.717, 1.165) is 32.5 Å². The lowest BCUT2D eigenvalue weighted by Gasteiger charge is -2.36. The lowest BCUT2D eigenvalue weighted by molar-refractivity contribution is -0.132. The first kappa shape index (κ1) is 25.3. The van der Waals surface area contributed by atoms with Gasteiger partial charge in [-0.05, 0) is 43.5 Å². The molecule has 5 rings (SSSR count). The number of amides is 1. The number of aromatic nitrogens is 2. The van der Waals surface area contributed by atoms with Gasteiger partial charge in [0.1, 0.15) is 0 Å². The highest BCUT2D eigenvalue weighted by Gasteiger charge is 2.28. The van der Waals surface area contributed by atoms with E-state index in [4.69, 9.17) is 21.3 Å². The summed E-state index contributed by atoms with van der Waals surface area (Å²) in [7, 11) is 0. The molecule has 0 aliphatic carbocycles. The van der Waals surface area contributed by atoms with Gasteiger partial charge < -0.3 is 9.64 Å². The monoisotopic (exact) mass is 526 g/mol. The van der Waals surface area contributed by atoms with Crippen molar-refractivity contribution < 1.29 is 9.53 Å². The number of fused-ring (bicyclic) bond motifs is 1. The van der Waals surface area contributed by atoms with Crippen LogP contribution in [-0.4, -0.2) is 69.4 Å². The highest BCUT2D eigenvalue weighted by molar-refractivity contribution is 8.00. The highest BCUT2D eigenvalue weighted by Crippen LogP contribution is 2.27. The third-order valence-corrected chi connectivity index (χ3v) is 8.17. The summed E-state index contributed by atoms with van der Waals surface area (Å²) in [5.41, 5.74) is 1.71. The number of rotatable bonds is 7. The lowest BCUT2D eigenvalue weighted by atomic mass is 10.2. The number of piperazine rings is 1. The average molecular weight is 527 g/mol. The molecule has 36 heavy (non-hydrogen) atoms. The summed E-state index contributed by atoms with van der Waals surface area (Å²) >= 11 is 7.52. The van der Waals surface area contributed by atoms with Crippen LogP contribution in [0.1, 0.15) is 25.3 Å². The van der Waals surface area contributed by atoms with Gasteiger partial charge in [-0.15, -0.1) is 0 Å². The van der Waals surface area contributed by atoms with Crippen LogP contribution < -0.4 is 5.56 Å². The number of halogens is 1. The molecule has 2 aliphatic rings. The second-order valence-corrected chi connectivity index (χ2v) is 11.2. The first-order chi connectivity index (χ1) is 17.5. The normalized spacial score (nSPS) is 19.6. The van der Waals surface area contributed by atoms with Crippen molar-refractivity contribution >= 4 is 40.2 Å². The number of nitrogens with zero attached hydrogens (tertiary/aromatic N) is 4. The Bertz CT molecular complexity index is 1270. The Morgan fingerprint density at radius 3 is 2.67 bits per heavy atom. The largest absolute Gasteiger partial charge is 0.376 e. The van der Waals surface area contributed by atoms with Crippen LogP contribution in [0, 0.1) is 0 Å². The van der Waals surface area contributed by atoms with Gasteiger partial charge in [0.15, 0.2) is 5.16 Å². The van der Waals surface area contributed by atoms with Gasteiger partial charge >= 0.3 is 0 Å². The summed E-state index contributed by atoms with van der Waals surface area (Å²) in [4.78, 5) is 35.8. The zero-order chi connectivity index (χ0) is 25.1. The predicted octanol–water partition coefficient (Wildman–Crippen LogP) is 4.05. The number of hydrogen-bond acceptors (Lipinski definition) is 6. The Morgan fingerprint density at radius 1 is 1.17 bits per heavy atom. The van der Waals surface area contributed by atoms with Crippen molar-refractivity contribution in [1.29, 1.82) is 0 Å². The maximum Gasteiger partial charge on any atom is 0.262 e. The summed E-state index contributed by atoms with van der Waals surface area (Å²) in [5, 5.41) is 1.22. The molecule has 2 aliphatic heterocycles. The van der Waals surface area contributed by atoms with Crippen LogP contribution in [0.4, 0.5) is 0 Å². The Balaban J connectivity index is 1.29. The molecule has 0 unspecified atom stereocenters. The third-order valence-electron chi connectivity index (χ3n) is 6.86. The van der Waals surface area contributed by atoms with Gasteiger partial charge in [-0.1, -0.05) is 53.7 Å². The van der Waals surface area contributed by atoms with Crippen molar-refractivity contribution in [3.8, 4) is 0 Å². The maximum atomic E-state index is 13.4. The van der Waals surface area contributed by atoms with Crippen molar-refractivity contribution in [3.05, 3.63) is 69.5 Å². The number of thioether (sulfide) groups is 1. The smallest absolute Gasteiger partial charge is 0.262 e. The van der Waals surface area contributed by atoms with E-state index < -0.39 is 0 Å². The van der Waals surface area contributed by atoms with E-state index in [2.05, 4.69) is 29.2 Å². The van der Waals surface area contributed by atoms with Gasteiger partial charge in [0.2, 0.25) is 5.91 Å². The van der Waals surface area contributed by atoms with Gasteiger partial charge in [0, 0.05) is 44.4 Å². The molecule has 7 nitrogen and oxygen atoms in total. The summed E-state index contributed by atoms with van der Waals surface area (Å²) in [6.45, 7) is 7.01. The molecule has 3 aromatic rings. The highest BCUT2D eigenvalue weighted by atomic mass is 35.5. The van der Waals surface area contributed by atoms with Crippen LogP contribution >= 0.6 is 23.4 Å². The molecule has 0 radical (unpaired) electrons. The van der Waals surface area contributed by atoms with Crippen molar-refractivity contribution in [2.24, 2.45) is 0 Å². The first-order valence-corrected chi connectivity index (χ1v) is 13.8. The van der Waals surface area contributed by atoms with Gasteiger partial charge in [-0.25, -0.2) is 4.98 Å². The minimum absolute atomic E-state index is 0.0164. The zero-order valence-corrected chi connectivity index (χ0v) is 22.0. The summed E-state index contributed by atoms with van der Waals surface area (Å²) in [6.07, 6.45) is 1.89. The number of ether oxygens (including phenoxy) is 1. The van der Waals surface area contributed by atoms with Gasteiger partial charge in [0.05, 0.1) is 28.8 Å². The van der Waals surface area contributed by atoms with Gasteiger partial charge in [-0.3, -0.25) is 19.1 Å². The van der Waals surface area contributed by atoms with E-state index in [0.29, 0.717) is 47.3 Å². The van der Waals surface area contributed by atoms with E-state index in [1.165, 1.54) is 17.3 Å². The van der Waals surface area contributed by atoms with Crippen LogP contribution in [0.5, 0.6) is 0 Å². The average Bonchev–Trinajstić information content (AvgIpc) is 3.40. The third kappa shape index (κ3) is 5.78. The molecule has 0 saturated carbocycles. The van der Waals surface area contributed by atoms with E-state index in [1.54, 1.807) is 22.8 Å². The molecule has 2 atom stereocenters. The second-order valence-electron chi connectivity index (χ2n) is 9.45. The van der Waals surface area contributed by atoms with E-state index in [9.17, 15) is 9.59 Å².